The molecule has 0 aliphatic heterocycles. The number of anilines is 1. The molecular formula is C19H31N3O4S. The van der Waals surface area contributed by atoms with Crippen molar-refractivity contribution in [2.45, 2.75) is 72.6 Å². The van der Waals surface area contributed by atoms with Crippen LogP contribution in [0.25, 0.3) is 0 Å². The molecule has 0 aromatic carbocycles. The second kappa shape index (κ2) is 9.39. The van der Waals surface area contributed by atoms with E-state index in [0.717, 1.165) is 36.3 Å². The van der Waals surface area contributed by atoms with Gasteiger partial charge in [-0.1, -0.05) is 27.7 Å². The molecule has 1 aliphatic rings. The van der Waals surface area contributed by atoms with E-state index in [9.17, 15) is 9.59 Å². The largest absolute Gasteiger partial charge is 0.425 e. The average molecular weight is 398 g/mol. The summed E-state index contributed by atoms with van der Waals surface area (Å²) in [6, 6.07) is 0.0438. The summed E-state index contributed by atoms with van der Waals surface area (Å²) in [5, 5.41) is 0.574. The molecule has 8 heteroatoms. The maximum atomic E-state index is 12.7. The Kier molecular flexibility index (Phi) is 7.47. The summed E-state index contributed by atoms with van der Waals surface area (Å²) in [4.78, 5) is 32.0. The molecule has 2 N–H and O–H groups in total. The Morgan fingerprint density at radius 3 is 2.63 bits per heavy atom. The van der Waals surface area contributed by atoms with Crippen LogP contribution in [0.2, 0.25) is 0 Å². The highest BCUT2D eigenvalue weighted by Gasteiger charge is 2.31. The van der Waals surface area contributed by atoms with Crippen LogP contribution in [0.5, 0.6) is 0 Å². The molecule has 0 saturated carbocycles. The molecule has 0 radical (unpaired) electrons. The standard InChI is InChI=1S/C19H31N3O4S/c1-6-9-22(14-7-8-15-16(10-14)27-18(20)21-15)19(24)26-13(5)25-17(23)12(4)11(2)3/h11-14H,6-10H2,1-5H3,(H2,20,21). The van der Waals surface area contributed by atoms with Crippen molar-refractivity contribution >= 4 is 28.5 Å². The molecule has 0 saturated heterocycles. The molecule has 1 heterocycles. The summed E-state index contributed by atoms with van der Waals surface area (Å²) in [6.45, 7) is 9.91. The third kappa shape index (κ3) is 5.57. The van der Waals surface area contributed by atoms with Crippen LogP contribution in [0.15, 0.2) is 0 Å². The van der Waals surface area contributed by atoms with Crippen molar-refractivity contribution in [2.24, 2.45) is 11.8 Å². The van der Waals surface area contributed by atoms with Crippen LogP contribution in [-0.2, 0) is 27.1 Å². The Labute approximate surface area is 165 Å². The average Bonchev–Trinajstić information content (AvgIpc) is 2.97. The maximum Gasteiger partial charge on any atom is 0.413 e. The Morgan fingerprint density at radius 1 is 1.30 bits per heavy atom. The van der Waals surface area contributed by atoms with Gasteiger partial charge in [-0.05, 0) is 25.2 Å². The number of nitrogen functional groups attached to an aromatic ring is 1. The minimum atomic E-state index is -0.913. The van der Waals surface area contributed by atoms with Crippen LogP contribution in [0.4, 0.5) is 9.93 Å². The van der Waals surface area contributed by atoms with Gasteiger partial charge in [-0.2, -0.15) is 0 Å². The molecule has 1 aromatic rings. The van der Waals surface area contributed by atoms with Crippen molar-refractivity contribution in [2.75, 3.05) is 12.3 Å². The number of rotatable bonds is 7. The number of esters is 1. The van der Waals surface area contributed by atoms with Crippen molar-refractivity contribution in [3.8, 4) is 0 Å². The number of thiazole rings is 1. The lowest BCUT2D eigenvalue weighted by Crippen LogP contribution is -2.45. The maximum absolute atomic E-state index is 12.7. The van der Waals surface area contributed by atoms with Crippen molar-refractivity contribution < 1.29 is 19.1 Å². The van der Waals surface area contributed by atoms with Gasteiger partial charge < -0.3 is 20.1 Å². The predicted molar refractivity (Wildman–Crippen MR) is 105 cm³/mol. The van der Waals surface area contributed by atoms with Gasteiger partial charge in [0.1, 0.15) is 0 Å². The molecule has 27 heavy (non-hydrogen) atoms. The zero-order valence-corrected chi connectivity index (χ0v) is 17.7. The molecule has 7 nitrogen and oxygen atoms in total. The fourth-order valence-electron chi connectivity index (χ4n) is 3.08. The highest BCUT2D eigenvalue weighted by molar-refractivity contribution is 7.15. The summed E-state index contributed by atoms with van der Waals surface area (Å²) in [6.07, 6.45) is 1.82. The smallest absolute Gasteiger partial charge is 0.413 e. The van der Waals surface area contributed by atoms with E-state index in [1.165, 1.54) is 11.3 Å². The molecule has 152 valence electrons. The van der Waals surface area contributed by atoms with Gasteiger partial charge in [0.2, 0.25) is 6.29 Å². The zero-order valence-electron chi connectivity index (χ0n) is 16.9. The number of nitrogens with two attached hydrogens (primary N) is 1. The number of amides is 1. The Bertz CT molecular complexity index is 661. The minimum Gasteiger partial charge on any atom is -0.425 e. The molecule has 2 rings (SSSR count). The Balaban J connectivity index is 1.97. The lowest BCUT2D eigenvalue weighted by atomic mass is 9.96. The molecule has 0 bridgehead atoms. The summed E-state index contributed by atoms with van der Waals surface area (Å²) in [5.74, 6) is -0.429. The van der Waals surface area contributed by atoms with E-state index < -0.39 is 12.4 Å². The predicted octanol–water partition coefficient (Wildman–Crippen LogP) is 3.61. The topological polar surface area (TPSA) is 94.8 Å². The molecule has 1 aliphatic carbocycles. The van der Waals surface area contributed by atoms with E-state index in [4.69, 9.17) is 15.2 Å². The van der Waals surface area contributed by atoms with E-state index in [0.29, 0.717) is 11.7 Å². The second-order valence-electron chi connectivity index (χ2n) is 7.43. The molecule has 1 aromatic heterocycles. The van der Waals surface area contributed by atoms with E-state index in [1.54, 1.807) is 11.8 Å². The number of carbonyl (C=O) groups excluding carboxylic acids is 2. The summed E-state index contributed by atoms with van der Waals surface area (Å²) in [5.41, 5.74) is 6.85. The first-order valence-corrected chi connectivity index (χ1v) is 10.5. The van der Waals surface area contributed by atoms with Crippen molar-refractivity contribution in [1.29, 1.82) is 0 Å². The first-order chi connectivity index (χ1) is 12.7. The van der Waals surface area contributed by atoms with Crippen LogP contribution in [-0.4, -0.2) is 40.8 Å². The van der Waals surface area contributed by atoms with Crippen LogP contribution < -0.4 is 5.73 Å². The van der Waals surface area contributed by atoms with Gasteiger partial charge in [0.05, 0.1) is 11.6 Å². The highest BCUT2D eigenvalue weighted by atomic mass is 32.1. The first-order valence-electron chi connectivity index (χ1n) is 9.64. The number of hydrogen-bond acceptors (Lipinski definition) is 7. The van der Waals surface area contributed by atoms with Crippen molar-refractivity contribution in [3.63, 3.8) is 0 Å². The fourth-order valence-corrected chi connectivity index (χ4v) is 4.03. The summed E-state index contributed by atoms with van der Waals surface area (Å²) < 4.78 is 10.7. The summed E-state index contributed by atoms with van der Waals surface area (Å²) in [7, 11) is 0. The number of ether oxygens (including phenoxy) is 2. The van der Waals surface area contributed by atoms with Gasteiger partial charge in [-0.25, -0.2) is 9.78 Å². The van der Waals surface area contributed by atoms with Gasteiger partial charge in [0.15, 0.2) is 5.13 Å². The highest BCUT2D eigenvalue weighted by Crippen LogP contribution is 2.30. The Hall–Kier alpha value is -1.83. The van der Waals surface area contributed by atoms with Crippen LogP contribution in [0, 0.1) is 11.8 Å². The Morgan fingerprint density at radius 2 is 2.00 bits per heavy atom. The van der Waals surface area contributed by atoms with E-state index in [1.807, 2.05) is 27.7 Å². The van der Waals surface area contributed by atoms with Gasteiger partial charge >= 0.3 is 12.1 Å². The molecule has 3 unspecified atom stereocenters. The molecule has 1 amide bonds. The van der Waals surface area contributed by atoms with Crippen LogP contribution in [0.3, 0.4) is 0 Å². The quantitative estimate of drug-likeness (QED) is 0.558. The van der Waals surface area contributed by atoms with Gasteiger partial charge in [0, 0.05) is 30.8 Å². The van der Waals surface area contributed by atoms with Gasteiger partial charge in [-0.3, -0.25) is 4.79 Å². The zero-order chi connectivity index (χ0) is 20.1. The van der Waals surface area contributed by atoms with E-state index in [-0.39, 0.29) is 23.8 Å². The van der Waals surface area contributed by atoms with Crippen molar-refractivity contribution in [3.05, 3.63) is 10.6 Å². The van der Waals surface area contributed by atoms with Gasteiger partial charge in [-0.15, -0.1) is 11.3 Å². The number of carbonyl (C=O) groups is 2. The van der Waals surface area contributed by atoms with E-state index >= 15 is 0 Å². The second-order valence-corrected chi connectivity index (χ2v) is 8.55. The lowest BCUT2D eigenvalue weighted by molar-refractivity contribution is -0.172. The number of fused-ring (bicyclic) bond motifs is 1. The van der Waals surface area contributed by atoms with E-state index in [2.05, 4.69) is 4.98 Å². The van der Waals surface area contributed by atoms with Crippen molar-refractivity contribution in [1.82, 2.24) is 9.88 Å². The number of aromatic nitrogens is 1. The van der Waals surface area contributed by atoms with Crippen LogP contribution >= 0.6 is 11.3 Å². The van der Waals surface area contributed by atoms with Gasteiger partial charge in [0.25, 0.3) is 0 Å². The number of aryl methyl sites for hydroxylation is 1. The molecule has 0 fully saturated rings. The lowest BCUT2D eigenvalue weighted by Gasteiger charge is -2.33. The number of hydrogen-bond donors (Lipinski definition) is 1. The normalized spacial score (nSPS) is 18.5. The fraction of sp³-hybridized carbons (Fsp3) is 0.737. The monoisotopic (exact) mass is 397 g/mol. The molecular weight excluding hydrogens is 366 g/mol. The third-order valence-electron chi connectivity index (χ3n) is 4.99. The molecule has 0 spiro atoms. The minimum absolute atomic E-state index is 0.0438. The first kappa shape index (κ1) is 21.5. The molecule has 3 atom stereocenters. The number of nitrogens with zero attached hydrogens (tertiary/aromatic N) is 2. The SMILES string of the molecule is CCCN(C(=O)OC(C)OC(=O)C(C)C(C)C)C1CCc2nc(N)sc2C1. The third-order valence-corrected chi connectivity index (χ3v) is 5.94. The van der Waals surface area contributed by atoms with Crippen LogP contribution in [0.1, 0.15) is 58.0 Å². The summed E-state index contributed by atoms with van der Waals surface area (Å²) >= 11 is 1.49.